The number of nitrogens with zero attached hydrogens (tertiary/aromatic N) is 1. The molecular weight excluding hydrogens is 172 g/mol. The number of hydrogen-bond donors (Lipinski definition) is 1. The summed E-state index contributed by atoms with van der Waals surface area (Å²) in [5.74, 6) is 1.04. The first-order valence-electron chi connectivity index (χ1n) is 6.39. The van der Waals surface area contributed by atoms with Crippen molar-refractivity contribution in [2.24, 2.45) is 5.92 Å². The molecule has 14 heavy (non-hydrogen) atoms. The molecule has 2 unspecified atom stereocenters. The molecule has 4 aliphatic rings. The van der Waals surface area contributed by atoms with E-state index in [1.807, 2.05) is 0 Å². The van der Waals surface area contributed by atoms with Crippen LogP contribution in [0.4, 0.5) is 0 Å². The van der Waals surface area contributed by atoms with Crippen molar-refractivity contribution in [2.45, 2.75) is 50.6 Å². The lowest BCUT2D eigenvalue weighted by Crippen LogP contribution is -2.61. The minimum Gasteiger partial charge on any atom is -0.311 e. The summed E-state index contributed by atoms with van der Waals surface area (Å²) in [7, 11) is 0. The molecule has 2 nitrogen and oxygen atoms in total. The Morgan fingerprint density at radius 3 is 2.50 bits per heavy atom. The van der Waals surface area contributed by atoms with Crippen molar-refractivity contribution in [3.05, 3.63) is 0 Å². The Kier molecular flexibility index (Phi) is 2.50. The molecule has 3 heterocycles. The van der Waals surface area contributed by atoms with E-state index in [1.54, 1.807) is 0 Å². The molecule has 3 saturated heterocycles. The largest absolute Gasteiger partial charge is 0.311 e. The third-order valence-corrected chi connectivity index (χ3v) is 4.43. The summed E-state index contributed by atoms with van der Waals surface area (Å²) in [6.45, 7) is 4.00. The molecule has 2 heteroatoms. The summed E-state index contributed by atoms with van der Waals surface area (Å²) in [5, 5.41) is 3.63. The molecule has 0 aromatic heterocycles. The van der Waals surface area contributed by atoms with Gasteiger partial charge in [0, 0.05) is 31.7 Å². The van der Waals surface area contributed by atoms with E-state index in [0.717, 1.165) is 18.0 Å². The van der Waals surface area contributed by atoms with Crippen LogP contribution < -0.4 is 5.32 Å². The number of piperidine rings is 2. The van der Waals surface area contributed by atoms with E-state index in [2.05, 4.69) is 10.2 Å². The Morgan fingerprint density at radius 1 is 1.07 bits per heavy atom. The lowest BCUT2D eigenvalue weighted by atomic mass is 9.91. The number of piperazine rings is 1. The van der Waals surface area contributed by atoms with Gasteiger partial charge in [-0.3, -0.25) is 4.90 Å². The topological polar surface area (TPSA) is 15.3 Å². The summed E-state index contributed by atoms with van der Waals surface area (Å²) >= 11 is 0. The molecule has 3 aliphatic heterocycles. The third kappa shape index (κ3) is 1.70. The van der Waals surface area contributed by atoms with E-state index in [4.69, 9.17) is 0 Å². The highest BCUT2D eigenvalue weighted by molar-refractivity contribution is 4.93. The van der Waals surface area contributed by atoms with E-state index in [1.165, 1.54) is 58.2 Å². The molecule has 0 spiro atoms. The van der Waals surface area contributed by atoms with Gasteiger partial charge in [-0.05, 0) is 31.6 Å². The Morgan fingerprint density at radius 2 is 1.93 bits per heavy atom. The molecule has 1 N–H and O–H groups in total. The van der Waals surface area contributed by atoms with Crippen LogP contribution in [-0.2, 0) is 0 Å². The van der Waals surface area contributed by atoms with Crippen LogP contribution in [0.2, 0.25) is 0 Å². The van der Waals surface area contributed by atoms with E-state index < -0.39 is 0 Å². The highest BCUT2D eigenvalue weighted by atomic mass is 15.2. The first-order valence-corrected chi connectivity index (χ1v) is 6.39. The van der Waals surface area contributed by atoms with Crippen molar-refractivity contribution in [3.8, 4) is 0 Å². The van der Waals surface area contributed by atoms with Gasteiger partial charge in [-0.1, -0.05) is 12.8 Å². The number of rotatable bonds is 2. The predicted octanol–water partition coefficient (Wildman–Crippen LogP) is 1.61. The zero-order valence-electron chi connectivity index (χ0n) is 9.04. The molecule has 2 atom stereocenters. The summed E-state index contributed by atoms with van der Waals surface area (Å²) in [5.41, 5.74) is 0. The van der Waals surface area contributed by atoms with Crippen LogP contribution in [0.1, 0.15) is 38.5 Å². The van der Waals surface area contributed by atoms with Crippen molar-refractivity contribution in [3.63, 3.8) is 0 Å². The van der Waals surface area contributed by atoms with Gasteiger partial charge in [-0.15, -0.1) is 0 Å². The van der Waals surface area contributed by atoms with E-state index >= 15 is 0 Å². The minimum atomic E-state index is 0.821. The minimum absolute atomic E-state index is 0.821. The fourth-order valence-corrected chi connectivity index (χ4v) is 3.55. The average molecular weight is 194 g/mol. The van der Waals surface area contributed by atoms with Crippen molar-refractivity contribution in [1.29, 1.82) is 0 Å². The normalized spacial score (nSPS) is 39.4. The molecule has 1 aliphatic carbocycles. The first kappa shape index (κ1) is 9.17. The predicted molar refractivity (Wildman–Crippen MR) is 58.3 cm³/mol. The van der Waals surface area contributed by atoms with Crippen LogP contribution >= 0.6 is 0 Å². The Hall–Kier alpha value is -0.0800. The van der Waals surface area contributed by atoms with Crippen LogP contribution in [-0.4, -0.2) is 36.6 Å². The highest BCUT2D eigenvalue weighted by Gasteiger charge is 2.34. The maximum atomic E-state index is 3.63. The van der Waals surface area contributed by atoms with Crippen molar-refractivity contribution in [2.75, 3.05) is 19.6 Å². The Labute approximate surface area is 87.0 Å². The molecule has 80 valence electrons. The zero-order chi connectivity index (χ0) is 9.38. The van der Waals surface area contributed by atoms with Gasteiger partial charge < -0.3 is 5.32 Å². The maximum absolute atomic E-state index is 3.63. The van der Waals surface area contributed by atoms with Crippen LogP contribution in [0.25, 0.3) is 0 Å². The van der Waals surface area contributed by atoms with Crippen LogP contribution in [0.5, 0.6) is 0 Å². The van der Waals surface area contributed by atoms with Gasteiger partial charge in [-0.25, -0.2) is 0 Å². The van der Waals surface area contributed by atoms with Crippen molar-refractivity contribution < 1.29 is 0 Å². The number of fused-ring (bicyclic) bond motifs is 3. The molecule has 0 amide bonds. The highest BCUT2D eigenvalue weighted by Crippen LogP contribution is 2.29. The van der Waals surface area contributed by atoms with Gasteiger partial charge in [0.2, 0.25) is 0 Å². The molecular formula is C12H22N2. The van der Waals surface area contributed by atoms with Crippen molar-refractivity contribution >= 4 is 0 Å². The molecule has 1 saturated carbocycles. The standard InChI is InChI=1S/C12H22N2/c1-2-4-10(3-1)8-14-9-11-5-6-12(14)7-13-11/h10-13H,1-9H2. The molecule has 0 aromatic carbocycles. The monoisotopic (exact) mass is 194 g/mol. The van der Waals surface area contributed by atoms with Gasteiger partial charge in [-0.2, -0.15) is 0 Å². The quantitative estimate of drug-likeness (QED) is 0.718. The van der Waals surface area contributed by atoms with Gasteiger partial charge in [0.25, 0.3) is 0 Å². The fourth-order valence-electron chi connectivity index (χ4n) is 3.55. The number of hydrogen-bond acceptors (Lipinski definition) is 2. The van der Waals surface area contributed by atoms with Crippen LogP contribution in [0.3, 0.4) is 0 Å². The van der Waals surface area contributed by atoms with Gasteiger partial charge >= 0.3 is 0 Å². The fraction of sp³-hybridized carbons (Fsp3) is 1.00. The van der Waals surface area contributed by atoms with Crippen LogP contribution in [0, 0.1) is 5.92 Å². The van der Waals surface area contributed by atoms with Gasteiger partial charge in [0.15, 0.2) is 0 Å². The van der Waals surface area contributed by atoms with Crippen molar-refractivity contribution in [1.82, 2.24) is 10.2 Å². The Balaban J connectivity index is 1.57. The maximum Gasteiger partial charge on any atom is 0.0222 e. The third-order valence-electron chi connectivity index (χ3n) is 4.43. The van der Waals surface area contributed by atoms with Gasteiger partial charge in [0.05, 0.1) is 0 Å². The summed E-state index contributed by atoms with van der Waals surface area (Å²) in [6, 6.07) is 1.70. The molecule has 4 fully saturated rings. The first-order chi connectivity index (χ1) is 6.92. The zero-order valence-corrected chi connectivity index (χ0v) is 9.04. The second-order valence-corrected chi connectivity index (χ2v) is 5.44. The number of nitrogens with one attached hydrogen (secondary N) is 1. The van der Waals surface area contributed by atoms with E-state index in [0.29, 0.717) is 0 Å². The molecule has 0 radical (unpaired) electrons. The molecule has 4 rings (SSSR count). The summed E-state index contributed by atoms with van der Waals surface area (Å²) in [6.07, 6.45) is 8.86. The van der Waals surface area contributed by atoms with E-state index in [9.17, 15) is 0 Å². The molecule has 2 bridgehead atoms. The second-order valence-electron chi connectivity index (χ2n) is 5.44. The van der Waals surface area contributed by atoms with Gasteiger partial charge in [0.1, 0.15) is 0 Å². The van der Waals surface area contributed by atoms with Crippen LogP contribution in [0.15, 0.2) is 0 Å². The summed E-state index contributed by atoms with van der Waals surface area (Å²) < 4.78 is 0. The average Bonchev–Trinajstić information content (AvgIpc) is 2.72. The smallest absolute Gasteiger partial charge is 0.0222 e. The van der Waals surface area contributed by atoms with E-state index in [-0.39, 0.29) is 0 Å². The SMILES string of the molecule is C1CCC(CN2CC3CCC2CN3)C1. The lowest BCUT2D eigenvalue weighted by molar-refractivity contribution is 0.0614. The Bertz CT molecular complexity index is 190. The molecule has 0 aromatic rings. The lowest BCUT2D eigenvalue weighted by Gasteiger charge is -2.46. The second kappa shape index (κ2) is 3.82. The summed E-state index contributed by atoms with van der Waals surface area (Å²) in [4.78, 5) is 2.78.